The van der Waals surface area contributed by atoms with Crippen LogP contribution in [0.2, 0.25) is 0 Å². The molecule has 2 nitrogen and oxygen atoms in total. The molecule has 0 atom stereocenters. The zero-order valence-corrected chi connectivity index (χ0v) is 11.3. The minimum absolute atomic E-state index is 0.461. The van der Waals surface area contributed by atoms with Crippen molar-refractivity contribution in [2.24, 2.45) is 17.8 Å². The lowest BCUT2D eigenvalue weighted by molar-refractivity contribution is -0.0497. The van der Waals surface area contributed by atoms with Gasteiger partial charge in [-0.1, -0.05) is 32.1 Å². The summed E-state index contributed by atoms with van der Waals surface area (Å²) >= 11 is 0. The van der Waals surface area contributed by atoms with Gasteiger partial charge in [0.15, 0.2) is 0 Å². The van der Waals surface area contributed by atoms with Crippen LogP contribution >= 0.6 is 0 Å². The molecule has 17 heavy (non-hydrogen) atoms. The van der Waals surface area contributed by atoms with Crippen molar-refractivity contribution in [3.05, 3.63) is 0 Å². The molecular formula is C15H28O2. The van der Waals surface area contributed by atoms with Crippen LogP contribution in [0.1, 0.15) is 57.8 Å². The second kappa shape index (κ2) is 7.38. The van der Waals surface area contributed by atoms with Crippen LogP contribution in [0.5, 0.6) is 0 Å². The highest BCUT2D eigenvalue weighted by Gasteiger charge is 2.28. The van der Waals surface area contributed by atoms with E-state index in [1.54, 1.807) is 7.11 Å². The van der Waals surface area contributed by atoms with Crippen LogP contribution in [0.15, 0.2) is 0 Å². The molecule has 100 valence electrons. The van der Waals surface area contributed by atoms with Crippen molar-refractivity contribution in [1.29, 1.82) is 0 Å². The Labute approximate surface area is 106 Å². The van der Waals surface area contributed by atoms with Gasteiger partial charge in [-0.2, -0.15) is 0 Å². The highest BCUT2D eigenvalue weighted by molar-refractivity contribution is 4.79. The summed E-state index contributed by atoms with van der Waals surface area (Å²) in [5.74, 6) is 2.89. The fraction of sp³-hybridized carbons (Fsp3) is 1.00. The summed E-state index contributed by atoms with van der Waals surface area (Å²) in [4.78, 5) is 0. The number of hydrogen-bond acceptors (Lipinski definition) is 2. The lowest BCUT2D eigenvalue weighted by Gasteiger charge is -2.35. The summed E-state index contributed by atoms with van der Waals surface area (Å²) in [6.45, 7) is 1.37. The molecule has 0 bridgehead atoms. The molecule has 2 heteroatoms. The quantitative estimate of drug-likeness (QED) is 0.534. The molecule has 2 aliphatic carbocycles. The number of hydrogen-bond donors (Lipinski definition) is 0. The molecule has 2 saturated carbocycles. The Bertz CT molecular complexity index is 191. The Morgan fingerprint density at radius 2 is 1.47 bits per heavy atom. The van der Waals surface area contributed by atoms with Gasteiger partial charge in [0.1, 0.15) is 6.79 Å². The Morgan fingerprint density at radius 3 is 2.12 bits per heavy atom. The molecule has 0 saturated heterocycles. The van der Waals surface area contributed by atoms with Gasteiger partial charge >= 0.3 is 0 Å². The lowest BCUT2D eigenvalue weighted by atomic mass is 9.71. The van der Waals surface area contributed by atoms with Gasteiger partial charge in [0.2, 0.25) is 0 Å². The smallest absolute Gasteiger partial charge is 0.146 e. The first-order valence-corrected chi connectivity index (χ1v) is 7.47. The van der Waals surface area contributed by atoms with Gasteiger partial charge < -0.3 is 9.47 Å². The van der Waals surface area contributed by atoms with Gasteiger partial charge in [-0.15, -0.1) is 0 Å². The highest BCUT2D eigenvalue weighted by atomic mass is 16.7. The van der Waals surface area contributed by atoms with Crippen molar-refractivity contribution in [2.75, 3.05) is 20.5 Å². The van der Waals surface area contributed by atoms with Crippen LogP contribution in [-0.2, 0) is 9.47 Å². The van der Waals surface area contributed by atoms with Crippen molar-refractivity contribution >= 4 is 0 Å². The van der Waals surface area contributed by atoms with E-state index in [2.05, 4.69) is 0 Å². The van der Waals surface area contributed by atoms with E-state index in [1.807, 2.05) is 0 Å². The van der Waals surface area contributed by atoms with E-state index in [0.717, 1.165) is 24.4 Å². The average Bonchev–Trinajstić information content (AvgIpc) is 2.41. The maximum Gasteiger partial charge on any atom is 0.146 e. The number of rotatable bonds is 5. The van der Waals surface area contributed by atoms with E-state index in [0.29, 0.717) is 6.79 Å². The second-order valence-corrected chi connectivity index (χ2v) is 5.96. The Hall–Kier alpha value is -0.0800. The van der Waals surface area contributed by atoms with Crippen molar-refractivity contribution in [3.63, 3.8) is 0 Å². The molecule has 0 aromatic rings. The Morgan fingerprint density at radius 1 is 0.824 bits per heavy atom. The van der Waals surface area contributed by atoms with Crippen molar-refractivity contribution in [2.45, 2.75) is 57.8 Å². The molecule has 2 rings (SSSR count). The van der Waals surface area contributed by atoms with Gasteiger partial charge in [-0.25, -0.2) is 0 Å². The first-order valence-electron chi connectivity index (χ1n) is 7.47. The molecule has 0 unspecified atom stereocenters. The fourth-order valence-corrected chi connectivity index (χ4v) is 3.73. The zero-order chi connectivity index (χ0) is 11.9. The van der Waals surface area contributed by atoms with Crippen molar-refractivity contribution < 1.29 is 9.47 Å². The third-order valence-corrected chi connectivity index (χ3v) is 4.76. The summed E-state index contributed by atoms with van der Waals surface area (Å²) in [7, 11) is 1.69. The lowest BCUT2D eigenvalue weighted by Crippen LogP contribution is -2.25. The fourth-order valence-electron chi connectivity index (χ4n) is 3.73. The number of methoxy groups -OCH3 is 1. The Balaban J connectivity index is 1.63. The van der Waals surface area contributed by atoms with Gasteiger partial charge in [0.05, 0.1) is 6.61 Å². The van der Waals surface area contributed by atoms with E-state index in [4.69, 9.17) is 9.47 Å². The third kappa shape index (κ3) is 4.26. The standard InChI is InChI=1S/C15H28O2/c1-16-12-17-11-13-7-9-15(10-8-13)14-5-3-2-4-6-14/h13-15H,2-12H2,1H3. The van der Waals surface area contributed by atoms with Crippen molar-refractivity contribution in [1.82, 2.24) is 0 Å². The van der Waals surface area contributed by atoms with Crippen LogP contribution in [0, 0.1) is 17.8 Å². The van der Waals surface area contributed by atoms with E-state index in [1.165, 1.54) is 57.8 Å². The zero-order valence-electron chi connectivity index (χ0n) is 11.3. The number of ether oxygens (including phenoxy) is 2. The second-order valence-electron chi connectivity index (χ2n) is 5.96. The predicted molar refractivity (Wildman–Crippen MR) is 69.9 cm³/mol. The van der Waals surface area contributed by atoms with Gasteiger partial charge in [-0.05, 0) is 43.4 Å². The molecule has 0 aromatic heterocycles. The first kappa shape index (κ1) is 13.4. The van der Waals surface area contributed by atoms with Gasteiger partial charge in [-0.3, -0.25) is 0 Å². The topological polar surface area (TPSA) is 18.5 Å². The maximum absolute atomic E-state index is 5.48. The average molecular weight is 240 g/mol. The van der Waals surface area contributed by atoms with Crippen LogP contribution in [0.4, 0.5) is 0 Å². The normalized spacial score (nSPS) is 31.6. The molecule has 0 N–H and O–H groups in total. The summed E-state index contributed by atoms with van der Waals surface area (Å²) in [6.07, 6.45) is 13.1. The first-order chi connectivity index (χ1) is 8.40. The molecule has 0 spiro atoms. The summed E-state index contributed by atoms with van der Waals surface area (Å²) in [6, 6.07) is 0. The predicted octanol–water partition coefficient (Wildman–Crippen LogP) is 3.99. The molecule has 2 aliphatic rings. The van der Waals surface area contributed by atoms with E-state index in [9.17, 15) is 0 Å². The van der Waals surface area contributed by atoms with E-state index in [-0.39, 0.29) is 0 Å². The molecule has 0 aromatic carbocycles. The minimum Gasteiger partial charge on any atom is -0.359 e. The van der Waals surface area contributed by atoms with Gasteiger partial charge in [0.25, 0.3) is 0 Å². The van der Waals surface area contributed by atoms with Gasteiger partial charge in [0, 0.05) is 7.11 Å². The molecular weight excluding hydrogens is 212 g/mol. The molecule has 0 radical (unpaired) electrons. The monoisotopic (exact) mass is 240 g/mol. The molecule has 0 heterocycles. The summed E-state index contributed by atoms with van der Waals surface area (Å²) in [5, 5.41) is 0. The van der Waals surface area contributed by atoms with Crippen LogP contribution in [0.3, 0.4) is 0 Å². The Kier molecular flexibility index (Phi) is 5.79. The molecule has 0 amide bonds. The van der Waals surface area contributed by atoms with Crippen molar-refractivity contribution in [3.8, 4) is 0 Å². The molecule has 0 aliphatic heterocycles. The summed E-state index contributed by atoms with van der Waals surface area (Å²) < 4.78 is 10.4. The SMILES string of the molecule is COCOCC1CCC(C2CCCCC2)CC1. The van der Waals surface area contributed by atoms with Crippen LogP contribution in [-0.4, -0.2) is 20.5 Å². The maximum atomic E-state index is 5.48. The van der Waals surface area contributed by atoms with E-state index >= 15 is 0 Å². The third-order valence-electron chi connectivity index (χ3n) is 4.76. The summed E-state index contributed by atoms with van der Waals surface area (Å²) in [5.41, 5.74) is 0. The molecule has 2 fully saturated rings. The largest absolute Gasteiger partial charge is 0.359 e. The van der Waals surface area contributed by atoms with E-state index < -0.39 is 0 Å². The van der Waals surface area contributed by atoms with Crippen LogP contribution in [0.25, 0.3) is 0 Å². The highest BCUT2D eigenvalue weighted by Crippen LogP contribution is 2.39. The minimum atomic E-state index is 0.461. The van der Waals surface area contributed by atoms with Crippen LogP contribution < -0.4 is 0 Å².